The Morgan fingerprint density at radius 1 is 0.500 bits per heavy atom. The molecule has 0 aromatic heterocycles. The van der Waals surface area contributed by atoms with Gasteiger partial charge < -0.3 is 64.9 Å². The van der Waals surface area contributed by atoms with E-state index in [0.717, 1.165) is 0 Å². The number of hydrogen-bond acceptors (Lipinski definition) is 4. The van der Waals surface area contributed by atoms with Gasteiger partial charge in [-0.3, -0.25) is 0 Å². The van der Waals surface area contributed by atoms with Gasteiger partial charge in [0, 0.05) is 51.2 Å². The van der Waals surface area contributed by atoms with Gasteiger partial charge in [0.15, 0.2) is 0 Å². The second-order valence-corrected chi connectivity index (χ2v) is 0. The Balaban J connectivity index is 0. The van der Waals surface area contributed by atoms with Crippen LogP contribution in [0.3, 0.4) is 0 Å². The number of thiol groups is 2. The van der Waals surface area contributed by atoms with E-state index in [1.165, 1.54) is 0 Å². The summed E-state index contributed by atoms with van der Waals surface area (Å²) in [5, 5.41) is 0. The molecule has 0 fully saturated rings. The van der Waals surface area contributed by atoms with Gasteiger partial charge in [-0.15, -0.1) is 0 Å². The van der Waals surface area contributed by atoms with Crippen molar-refractivity contribution in [3.8, 4) is 0 Å². The molecular weight excluding hydrogens is 384 g/mol. The molecular formula is H6Fe4O2S4-2. The predicted octanol–water partition coefficient (Wildman–Crippen LogP) is -2.20. The normalized spacial score (nSPS) is 0. The Bertz CT molecular complexity index is 15.2. The summed E-state index contributed by atoms with van der Waals surface area (Å²) in [5.41, 5.74) is 0. The fourth-order valence-corrected chi connectivity index (χ4v) is 0. The zero-order valence-corrected chi connectivity index (χ0v) is 12.0. The van der Waals surface area contributed by atoms with Gasteiger partial charge in [0.1, 0.15) is 0 Å². The van der Waals surface area contributed by atoms with Crippen LogP contribution in [0.4, 0.5) is 0 Å². The third-order valence-electron chi connectivity index (χ3n) is 0. The van der Waals surface area contributed by atoms with Crippen molar-refractivity contribution in [1.82, 2.24) is 0 Å². The van der Waals surface area contributed by atoms with Gasteiger partial charge in [-0.2, -0.15) is 0 Å². The predicted molar refractivity (Wildman–Crippen MR) is 39.5 cm³/mol. The van der Waals surface area contributed by atoms with Crippen molar-refractivity contribution in [2.75, 3.05) is 0 Å². The molecule has 0 spiro atoms. The maximum Gasteiger partial charge on any atom is 2.00 e. The van der Waals surface area contributed by atoms with Crippen LogP contribution < -0.4 is 0 Å². The standard InChI is InChI=1S/4Fe.2H2O.2H2S.2S/h;;;;4*1H2;;/q;;;+2;;;;;2*-1/p-2. The van der Waals surface area contributed by atoms with Crippen LogP contribution in [0.2, 0.25) is 0 Å². The average Bonchev–Trinajstić information content (AvgIpc) is 0. The molecule has 0 aromatic carbocycles. The van der Waals surface area contributed by atoms with E-state index in [1.807, 2.05) is 0 Å². The van der Waals surface area contributed by atoms with Crippen LogP contribution in [0, 0.1) is 0 Å². The molecule has 10 heavy (non-hydrogen) atoms. The maximum atomic E-state index is 0. The summed E-state index contributed by atoms with van der Waals surface area (Å²) in [4.78, 5) is 0. The van der Waals surface area contributed by atoms with Crippen molar-refractivity contribution in [3.05, 3.63) is 0 Å². The Kier molecular flexibility index (Phi) is 2490. The summed E-state index contributed by atoms with van der Waals surface area (Å²) in [6.45, 7) is 0. The third-order valence-corrected chi connectivity index (χ3v) is 0. The molecule has 0 saturated carbocycles. The molecule has 76 valence electrons. The van der Waals surface area contributed by atoms with Crippen LogP contribution in [0.1, 0.15) is 0 Å². The second kappa shape index (κ2) is 139. The summed E-state index contributed by atoms with van der Waals surface area (Å²) in [5.74, 6) is 0. The van der Waals surface area contributed by atoms with Crippen LogP contribution in [0.25, 0.3) is 0 Å². The number of rotatable bonds is 0. The largest absolute Gasteiger partial charge is 2.00 e. The summed E-state index contributed by atoms with van der Waals surface area (Å²) in [6.07, 6.45) is 0. The monoisotopic (exact) mass is 390 g/mol. The summed E-state index contributed by atoms with van der Waals surface area (Å²) < 4.78 is 0. The van der Waals surface area contributed by atoms with Crippen LogP contribution in [0.15, 0.2) is 0 Å². The molecule has 0 rings (SSSR count). The van der Waals surface area contributed by atoms with E-state index in [2.05, 4.69) is 0 Å². The van der Waals surface area contributed by atoms with Crippen LogP contribution in [-0.4, -0.2) is 11.0 Å². The van der Waals surface area contributed by atoms with Gasteiger partial charge in [-0.25, -0.2) is 0 Å². The Morgan fingerprint density at radius 2 is 0.500 bits per heavy atom. The third kappa shape index (κ3) is 107. The van der Waals surface area contributed by atoms with Crippen molar-refractivity contribution in [2.24, 2.45) is 0 Å². The minimum Gasteiger partial charge on any atom is -1.00 e. The van der Waals surface area contributed by atoms with E-state index in [1.54, 1.807) is 0 Å². The first kappa shape index (κ1) is 178. The first-order valence-electron chi connectivity index (χ1n) is 0. The summed E-state index contributed by atoms with van der Waals surface area (Å²) in [6, 6.07) is 0. The molecule has 0 aromatic rings. The van der Waals surface area contributed by atoms with Crippen molar-refractivity contribution >= 4 is 54.0 Å². The summed E-state index contributed by atoms with van der Waals surface area (Å²) in [7, 11) is 0. The fraction of sp³-hybridized carbons (Fsp3) is 0. The molecule has 2 radical (unpaired) electrons. The topological polar surface area (TPSA) is 63.0 Å². The molecule has 0 aliphatic rings. The zero-order chi connectivity index (χ0) is 0. The van der Waals surface area contributed by atoms with Crippen molar-refractivity contribution < 1.29 is 79.2 Å². The molecule has 0 atom stereocenters. The Morgan fingerprint density at radius 3 is 0.500 bits per heavy atom. The van der Waals surface area contributed by atoms with E-state index in [4.69, 9.17) is 0 Å². The molecule has 0 amide bonds. The van der Waals surface area contributed by atoms with E-state index >= 15 is 0 Å². The molecule has 4 N–H and O–H groups in total. The summed E-state index contributed by atoms with van der Waals surface area (Å²) >= 11 is 0. The van der Waals surface area contributed by atoms with E-state index < -0.39 is 0 Å². The Labute approximate surface area is 131 Å². The van der Waals surface area contributed by atoms with Gasteiger partial charge in [0.2, 0.25) is 0 Å². The maximum absolute atomic E-state index is 0. The minimum absolute atomic E-state index is 0. The first-order valence-corrected chi connectivity index (χ1v) is 0. The van der Waals surface area contributed by atoms with Gasteiger partial charge >= 0.3 is 17.1 Å². The van der Waals surface area contributed by atoms with Gasteiger partial charge in [-0.1, -0.05) is 0 Å². The zero-order valence-electron chi connectivity index (χ0n) is 4.13. The van der Waals surface area contributed by atoms with Crippen LogP contribution in [0.5, 0.6) is 0 Å². The molecule has 10 heteroatoms. The number of hydrogen-bond donors (Lipinski definition) is 0. The van der Waals surface area contributed by atoms with E-state index in [0.29, 0.717) is 0 Å². The smallest absolute Gasteiger partial charge is 1.00 e. The quantitative estimate of drug-likeness (QED) is 0.268. The second-order valence-electron chi connectivity index (χ2n) is 0. The van der Waals surface area contributed by atoms with Gasteiger partial charge in [0.25, 0.3) is 0 Å². The van der Waals surface area contributed by atoms with Crippen molar-refractivity contribution in [2.45, 2.75) is 0 Å². The van der Waals surface area contributed by atoms with Crippen LogP contribution >= 0.6 is 0 Å². The Hall–Kier alpha value is 3.40. The molecule has 0 bridgehead atoms. The van der Waals surface area contributed by atoms with Gasteiger partial charge in [-0.05, 0) is 0 Å². The van der Waals surface area contributed by atoms with E-state index in [-0.39, 0.29) is 133 Å². The van der Waals surface area contributed by atoms with E-state index in [9.17, 15) is 0 Å². The average molecular weight is 390 g/mol. The van der Waals surface area contributed by atoms with Gasteiger partial charge in [0.05, 0.1) is 0 Å². The SMILES string of the molecule is O.O.[Fe+2].[Fe].[Fe].[Fe].[S-].[S-].[SH-].[SH-]. The fourth-order valence-electron chi connectivity index (χ4n) is 0. The molecule has 0 heterocycles. The minimum atomic E-state index is 0. The molecule has 0 saturated heterocycles. The molecule has 0 unspecified atom stereocenters. The van der Waals surface area contributed by atoms with Crippen molar-refractivity contribution in [1.29, 1.82) is 0 Å². The van der Waals surface area contributed by atoms with Crippen molar-refractivity contribution in [3.63, 3.8) is 0 Å². The molecule has 0 aliphatic carbocycles. The van der Waals surface area contributed by atoms with Crippen LogP contribution in [-0.2, 0) is 122 Å². The molecule has 0 aliphatic heterocycles. The first-order chi connectivity index (χ1) is 0. The molecule has 2 nitrogen and oxygen atoms in total.